The third-order valence-electron chi connectivity index (χ3n) is 4.06. The number of rotatable bonds is 4. The predicted octanol–water partition coefficient (Wildman–Crippen LogP) is 5.12. The molecule has 26 heavy (non-hydrogen) atoms. The lowest BCUT2D eigenvalue weighted by molar-refractivity contribution is 0.628. The highest BCUT2D eigenvalue weighted by molar-refractivity contribution is 7.98. The molecule has 0 spiro atoms. The fraction of sp³-hybridized carbons (Fsp3) is 0.105. The Balaban J connectivity index is 1.60. The van der Waals surface area contributed by atoms with Crippen LogP contribution >= 0.6 is 23.4 Å². The highest BCUT2D eigenvalue weighted by Gasteiger charge is 2.15. The van der Waals surface area contributed by atoms with Gasteiger partial charge in [-0.1, -0.05) is 53.7 Å². The number of aromatic nitrogens is 4. The van der Waals surface area contributed by atoms with E-state index < -0.39 is 0 Å². The first-order chi connectivity index (χ1) is 12.6. The fourth-order valence-electron chi connectivity index (χ4n) is 2.70. The van der Waals surface area contributed by atoms with Crippen molar-refractivity contribution >= 4 is 34.3 Å². The second kappa shape index (κ2) is 7.05. The minimum Gasteiger partial charge on any atom is -0.305 e. The van der Waals surface area contributed by atoms with Crippen molar-refractivity contribution in [3.8, 4) is 11.4 Å². The van der Waals surface area contributed by atoms with E-state index in [1.807, 2.05) is 37.4 Å². The average Bonchev–Trinajstić information content (AvgIpc) is 3.01. The summed E-state index contributed by atoms with van der Waals surface area (Å²) in [5, 5.41) is 10.5. The lowest BCUT2D eigenvalue weighted by Crippen LogP contribution is -1.97. The van der Waals surface area contributed by atoms with E-state index in [1.165, 1.54) is 17.8 Å². The molecule has 2 aromatic heterocycles. The summed E-state index contributed by atoms with van der Waals surface area (Å²) in [7, 11) is 1.82. The Bertz CT molecular complexity index is 1100. The molecule has 0 radical (unpaired) electrons. The summed E-state index contributed by atoms with van der Waals surface area (Å²) in [6.45, 7) is 0. The Morgan fingerprint density at radius 2 is 1.85 bits per heavy atom. The van der Waals surface area contributed by atoms with Crippen LogP contribution in [0.25, 0.3) is 22.3 Å². The molecule has 4 rings (SSSR count). The lowest BCUT2D eigenvalue weighted by Gasteiger charge is -2.07. The molecule has 0 fully saturated rings. The van der Waals surface area contributed by atoms with Crippen LogP contribution in [0.3, 0.4) is 0 Å². The largest absolute Gasteiger partial charge is 0.305 e. The maximum atomic E-state index is 14.0. The molecule has 0 amide bonds. The van der Waals surface area contributed by atoms with Gasteiger partial charge in [0, 0.05) is 23.8 Å². The second-order valence-electron chi connectivity index (χ2n) is 5.76. The molecule has 0 saturated carbocycles. The number of benzene rings is 2. The molecule has 4 nitrogen and oxygen atoms in total. The summed E-state index contributed by atoms with van der Waals surface area (Å²) in [5.41, 5.74) is 2.22. The Hall–Kier alpha value is -2.44. The van der Waals surface area contributed by atoms with E-state index in [-0.39, 0.29) is 5.82 Å². The molecule has 0 unspecified atom stereocenters. The van der Waals surface area contributed by atoms with E-state index >= 15 is 0 Å². The summed E-state index contributed by atoms with van der Waals surface area (Å²) in [6, 6.07) is 16.4. The van der Waals surface area contributed by atoms with Crippen LogP contribution in [0, 0.1) is 5.82 Å². The standard InChI is InChI=1S/C19H14ClFN4S/c1-25-18(14-7-3-4-8-15(14)21)23-24-19(25)26-11-13-10-12-6-2-5-9-16(12)22-17(13)20/h2-10H,11H2,1H3. The fourth-order valence-corrected chi connectivity index (χ4v) is 3.87. The molecule has 2 aromatic carbocycles. The molecule has 4 aromatic rings. The number of nitrogens with zero attached hydrogens (tertiary/aromatic N) is 4. The van der Waals surface area contributed by atoms with Gasteiger partial charge in [0.2, 0.25) is 0 Å². The second-order valence-corrected chi connectivity index (χ2v) is 7.07. The zero-order chi connectivity index (χ0) is 18.1. The zero-order valence-corrected chi connectivity index (χ0v) is 15.4. The molecule has 130 valence electrons. The summed E-state index contributed by atoms with van der Waals surface area (Å²) in [5.74, 6) is 0.773. The molecule has 0 aliphatic carbocycles. The summed E-state index contributed by atoms with van der Waals surface area (Å²) in [6.07, 6.45) is 0. The number of hydrogen-bond acceptors (Lipinski definition) is 4. The van der Waals surface area contributed by atoms with Crippen LogP contribution in [0.1, 0.15) is 5.56 Å². The number of pyridine rings is 1. The Morgan fingerprint density at radius 1 is 1.08 bits per heavy atom. The summed E-state index contributed by atoms with van der Waals surface area (Å²) in [4.78, 5) is 4.43. The molecular formula is C19H14ClFN4S. The molecule has 0 aliphatic heterocycles. The molecule has 0 aliphatic rings. The van der Waals surface area contributed by atoms with E-state index in [9.17, 15) is 4.39 Å². The van der Waals surface area contributed by atoms with Crippen molar-refractivity contribution in [1.29, 1.82) is 0 Å². The molecule has 7 heteroatoms. The van der Waals surface area contributed by atoms with Crippen LogP contribution < -0.4 is 0 Å². The third-order valence-corrected chi connectivity index (χ3v) is 5.45. The first kappa shape index (κ1) is 17.0. The number of thioether (sulfide) groups is 1. The van der Waals surface area contributed by atoms with Crippen LogP contribution in [0.2, 0.25) is 5.15 Å². The minimum atomic E-state index is -0.318. The van der Waals surface area contributed by atoms with Gasteiger partial charge in [0.1, 0.15) is 11.0 Å². The monoisotopic (exact) mass is 384 g/mol. The van der Waals surface area contributed by atoms with E-state index in [2.05, 4.69) is 15.2 Å². The number of para-hydroxylation sites is 1. The van der Waals surface area contributed by atoms with E-state index in [0.29, 0.717) is 27.5 Å². The van der Waals surface area contributed by atoms with Crippen LogP contribution in [0.4, 0.5) is 4.39 Å². The molecule has 0 N–H and O–H groups in total. The van der Waals surface area contributed by atoms with Crippen molar-refractivity contribution in [2.75, 3.05) is 0 Å². The first-order valence-electron chi connectivity index (χ1n) is 7.95. The van der Waals surface area contributed by atoms with Gasteiger partial charge in [-0.25, -0.2) is 9.37 Å². The average molecular weight is 385 g/mol. The van der Waals surface area contributed by atoms with Crippen molar-refractivity contribution in [2.45, 2.75) is 10.9 Å². The molecule has 2 heterocycles. The highest BCUT2D eigenvalue weighted by Crippen LogP contribution is 2.29. The van der Waals surface area contributed by atoms with Crippen LogP contribution in [-0.2, 0) is 12.8 Å². The van der Waals surface area contributed by atoms with Gasteiger partial charge in [-0.3, -0.25) is 0 Å². The van der Waals surface area contributed by atoms with Gasteiger partial charge in [0.15, 0.2) is 11.0 Å². The maximum Gasteiger partial charge on any atom is 0.191 e. The normalized spacial score (nSPS) is 11.2. The lowest BCUT2D eigenvalue weighted by atomic mass is 10.2. The molecule has 0 atom stereocenters. The Morgan fingerprint density at radius 3 is 2.69 bits per heavy atom. The van der Waals surface area contributed by atoms with Crippen molar-refractivity contribution in [1.82, 2.24) is 19.7 Å². The van der Waals surface area contributed by atoms with E-state index in [0.717, 1.165) is 16.5 Å². The predicted molar refractivity (Wildman–Crippen MR) is 103 cm³/mol. The van der Waals surface area contributed by atoms with Crippen molar-refractivity contribution in [3.63, 3.8) is 0 Å². The maximum absolute atomic E-state index is 14.0. The van der Waals surface area contributed by atoms with Crippen molar-refractivity contribution in [3.05, 3.63) is 71.1 Å². The van der Waals surface area contributed by atoms with Crippen molar-refractivity contribution < 1.29 is 4.39 Å². The van der Waals surface area contributed by atoms with Gasteiger partial charge in [0.25, 0.3) is 0 Å². The zero-order valence-electron chi connectivity index (χ0n) is 13.9. The number of hydrogen-bond donors (Lipinski definition) is 0. The topological polar surface area (TPSA) is 43.6 Å². The highest BCUT2D eigenvalue weighted by atomic mass is 35.5. The van der Waals surface area contributed by atoms with E-state index in [1.54, 1.807) is 22.8 Å². The Labute approximate surface area is 159 Å². The van der Waals surface area contributed by atoms with Crippen LogP contribution in [0.15, 0.2) is 59.8 Å². The molecule has 0 saturated heterocycles. The smallest absolute Gasteiger partial charge is 0.191 e. The van der Waals surface area contributed by atoms with Crippen molar-refractivity contribution in [2.24, 2.45) is 7.05 Å². The number of fused-ring (bicyclic) bond motifs is 1. The van der Waals surface area contributed by atoms with Gasteiger partial charge in [-0.05, 0) is 24.3 Å². The third kappa shape index (κ3) is 3.18. The van der Waals surface area contributed by atoms with Crippen LogP contribution in [-0.4, -0.2) is 19.7 Å². The quantitative estimate of drug-likeness (QED) is 0.362. The van der Waals surface area contributed by atoms with Gasteiger partial charge in [0.05, 0.1) is 11.1 Å². The van der Waals surface area contributed by atoms with Gasteiger partial charge >= 0.3 is 0 Å². The first-order valence-corrected chi connectivity index (χ1v) is 9.31. The Kier molecular flexibility index (Phi) is 4.61. The molecule has 0 bridgehead atoms. The molecular weight excluding hydrogens is 371 g/mol. The van der Waals surface area contributed by atoms with Gasteiger partial charge in [-0.15, -0.1) is 10.2 Å². The SMILES string of the molecule is Cn1c(SCc2cc3ccccc3nc2Cl)nnc1-c1ccccc1F. The minimum absolute atomic E-state index is 0.318. The van der Waals surface area contributed by atoms with Gasteiger partial charge in [-0.2, -0.15) is 0 Å². The summed E-state index contributed by atoms with van der Waals surface area (Å²) >= 11 is 7.80. The van der Waals surface area contributed by atoms with E-state index in [4.69, 9.17) is 11.6 Å². The number of halogens is 2. The summed E-state index contributed by atoms with van der Waals surface area (Å²) < 4.78 is 15.8. The van der Waals surface area contributed by atoms with Crippen LogP contribution in [0.5, 0.6) is 0 Å². The van der Waals surface area contributed by atoms with Gasteiger partial charge < -0.3 is 4.57 Å².